The summed E-state index contributed by atoms with van der Waals surface area (Å²) in [6.45, 7) is 6.04. The molecule has 150 valence electrons. The van der Waals surface area contributed by atoms with Gasteiger partial charge in [-0.3, -0.25) is 4.79 Å². The van der Waals surface area contributed by atoms with E-state index < -0.39 is 11.5 Å². The van der Waals surface area contributed by atoms with Gasteiger partial charge in [0.1, 0.15) is 0 Å². The van der Waals surface area contributed by atoms with E-state index in [0.717, 1.165) is 11.3 Å². The van der Waals surface area contributed by atoms with Crippen molar-refractivity contribution in [1.82, 2.24) is 14.7 Å². The molecule has 0 saturated carbocycles. The maximum atomic E-state index is 12.8. The van der Waals surface area contributed by atoms with Crippen LogP contribution in [0.2, 0.25) is 0 Å². The summed E-state index contributed by atoms with van der Waals surface area (Å²) in [6.07, 6.45) is 3.50. The normalized spacial score (nSPS) is 11.1. The third-order valence-corrected chi connectivity index (χ3v) is 4.49. The number of carbonyl (C=O) groups excluding carboxylic acids is 2. The Balaban J connectivity index is 1.62. The van der Waals surface area contributed by atoms with E-state index in [1.165, 1.54) is 0 Å². The van der Waals surface area contributed by atoms with E-state index in [4.69, 9.17) is 4.74 Å². The van der Waals surface area contributed by atoms with Crippen LogP contribution in [-0.2, 0) is 16.1 Å². The van der Waals surface area contributed by atoms with E-state index in [2.05, 4.69) is 5.10 Å². The molecule has 0 N–H and O–H groups in total. The van der Waals surface area contributed by atoms with Gasteiger partial charge in [-0.2, -0.15) is 5.10 Å². The summed E-state index contributed by atoms with van der Waals surface area (Å²) in [4.78, 5) is 26.9. The average Bonchev–Trinajstić information content (AvgIpc) is 3.25. The highest BCUT2D eigenvalue weighted by Crippen LogP contribution is 2.18. The molecule has 6 heteroatoms. The minimum absolute atomic E-state index is 0.233. The van der Waals surface area contributed by atoms with E-state index in [1.807, 2.05) is 63.4 Å². The monoisotopic (exact) mass is 391 g/mol. The number of hydrogen-bond acceptors (Lipinski definition) is 4. The summed E-state index contributed by atoms with van der Waals surface area (Å²) in [7, 11) is 0. The minimum atomic E-state index is -0.529. The van der Waals surface area contributed by atoms with Gasteiger partial charge in [0.15, 0.2) is 6.61 Å². The molecule has 1 amide bonds. The molecule has 0 aliphatic rings. The van der Waals surface area contributed by atoms with Gasteiger partial charge in [-0.15, -0.1) is 0 Å². The smallest absolute Gasteiger partial charge is 0.338 e. The third-order valence-electron chi connectivity index (χ3n) is 4.49. The van der Waals surface area contributed by atoms with Crippen LogP contribution in [0.4, 0.5) is 0 Å². The zero-order valence-electron chi connectivity index (χ0n) is 16.9. The van der Waals surface area contributed by atoms with Gasteiger partial charge in [0.25, 0.3) is 5.91 Å². The number of aromatic nitrogens is 2. The van der Waals surface area contributed by atoms with Crippen LogP contribution in [0.25, 0.3) is 5.69 Å². The molecule has 0 atom stereocenters. The lowest BCUT2D eigenvalue weighted by atomic mass is 10.0. The molecule has 0 aliphatic heterocycles. The van der Waals surface area contributed by atoms with Crippen molar-refractivity contribution in [3.05, 3.63) is 84.2 Å². The largest absolute Gasteiger partial charge is 0.452 e. The van der Waals surface area contributed by atoms with Gasteiger partial charge in [-0.05, 0) is 56.7 Å². The number of amides is 1. The zero-order chi connectivity index (χ0) is 20.9. The fourth-order valence-corrected chi connectivity index (χ4v) is 2.93. The molecule has 1 aromatic heterocycles. The van der Waals surface area contributed by atoms with Crippen molar-refractivity contribution in [1.29, 1.82) is 0 Å². The van der Waals surface area contributed by atoms with Gasteiger partial charge >= 0.3 is 5.97 Å². The summed E-state index contributed by atoms with van der Waals surface area (Å²) < 4.78 is 6.98. The second-order valence-electron chi connectivity index (χ2n) is 7.71. The van der Waals surface area contributed by atoms with Gasteiger partial charge in [0.2, 0.25) is 0 Å². The van der Waals surface area contributed by atoms with Crippen molar-refractivity contribution in [2.45, 2.75) is 32.9 Å². The first-order valence-electron chi connectivity index (χ1n) is 9.46. The summed E-state index contributed by atoms with van der Waals surface area (Å²) in [5, 5.41) is 4.15. The standard InChI is InChI=1S/C23H25N3O3/c1-23(2,3)25(16-18-8-5-4-6-9-18)21(27)17-29-22(28)19-10-12-20(13-11-19)26-15-7-14-24-26/h4-15H,16-17H2,1-3H3. The number of ether oxygens (including phenoxy) is 1. The lowest BCUT2D eigenvalue weighted by Crippen LogP contribution is -2.46. The Morgan fingerprint density at radius 2 is 1.69 bits per heavy atom. The van der Waals surface area contributed by atoms with Crippen LogP contribution in [0, 0.1) is 0 Å². The molecule has 0 bridgehead atoms. The molecule has 0 unspecified atom stereocenters. The van der Waals surface area contributed by atoms with E-state index in [0.29, 0.717) is 12.1 Å². The fourth-order valence-electron chi connectivity index (χ4n) is 2.93. The first-order chi connectivity index (χ1) is 13.8. The van der Waals surface area contributed by atoms with Crippen LogP contribution in [0.3, 0.4) is 0 Å². The molecule has 0 spiro atoms. The molecular weight excluding hydrogens is 366 g/mol. The number of carbonyl (C=O) groups is 2. The Morgan fingerprint density at radius 1 is 1.00 bits per heavy atom. The van der Waals surface area contributed by atoms with Gasteiger partial charge < -0.3 is 9.64 Å². The molecule has 0 radical (unpaired) electrons. The highest BCUT2D eigenvalue weighted by atomic mass is 16.5. The fraction of sp³-hybridized carbons (Fsp3) is 0.261. The Kier molecular flexibility index (Phi) is 6.12. The predicted octanol–water partition coefficient (Wildman–Crippen LogP) is 3.86. The van der Waals surface area contributed by atoms with Gasteiger partial charge in [-0.1, -0.05) is 30.3 Å². The maximum absolute atomic E-state index is 12.8. The topological polar surface area (TPSA) is 64.4 Å². The SMILES string of the molecule is CC(C)(C)N(Cc1ccccc1)C(=O)COC(=O)c1ccc(-n2cccn2)cc1. The highest BCUT2D eigenvalue weighted by molar-refractivity contribution is 5.91. The number of esters is 1. The zero-order valence-corrected chi connectivity index (χ0v) is 16.9. The van der Waals surface area contributed by atoms with Gasteiger partial charge in [0, 0.05) is 24.5 Å². The first kappa shape index (κ1) is 20.3. The second kappa shape index (κ2) is 8.73. The van der Waals surface area contributed by atoms with Gasteiger partial charge in [0.05, 0.1) is 11.3 Å². The molecule has 6 nitrogen and oxygen atoms in total. The predicted molar refractivity (Wildman–Crippen MR) is 111 cm³/mol. The van der Waals surface area contributed by atoms with Crippen molar-refractivity contribution in [3.63, 3.8) is 0 Å². The number of rotatable bonds is 6. The number of benzene rings is 2. The molecule has 0 fully saturated rings. The van der Waals surface area contributed by atoms with Crippen LogP contribution in [0.15, 0.2) is 73.1 Å². The van der Waals surface area contributed by atoms with Crippen molar-refractivity contribution < 1.29 is 14.3 Å². The lowest BCUT2D eigenvalue weighted by molar-refractivity contribution is -0.140. The van der Waals surface area contributed by atoms with Crippen LogP contribution in [-0.4, -0.2) is 38.7 Å². The summed E-state index contributed by atoms with van der Waals surface area (Å²) in [5.41, 5.74) is 1.85. The molecule has 3 rings (SSSR count). The van der Waals surface area contributed by atoms with E-state index in [1.54, 1.807) is 40.0 Å². The van der Waals surface area contributed by atoms with Crippen molar-refractivity contribution >= 4 is 11.9 Å². The highest BCUT2D eigenvalue weighted by Gasteiger charge is 2.27. The van der Waals surface area contributed by atoms with E-state index in [9.17, 15) is 9.59 Å². The molecule has 0 saturated heterocycles. The van der Waals surface area contributed by atoms with E-state index in [-0.39, 0.29) is 12.5 Å². The number of nitrogens with zero attached hydrogens (tertiary/aromatic N) is 3. The second-order valence-corrected chi connectivity index (χ2v) is 7.71. The van der Waals surface area contributed by atoms with Crippen LogP contribution in [0.5, 0.6) is 0 Å². The quantitative estimate of drug-likeness (QED) is 0.599. The average molecular weight is 391 g/mol. The molecule has 29 heavy (non-hydrogen) atoms. The van der Waals surface area contributed by atoms with Crippen LogP contribution >= 0.6 is 0 Å². The Morgan fingerprint density at radius 3 is 2.28 bits per heavy atom. The Hall–Kier alpha value is -3.41. The Labute approximate surface area is 170 Å². The summed E-state index contributed by atoms with van der Waals surface area (Å²) in [5.74, 6) is -0.762. The molecule has 2 aromatic carbocycles. The molecule has 0 aliphatic carbocycles. The molecular formula is C23H25N3O3. The summed E-state index contributed by atoms with van der Waals surface area (Å²) in [6, 6.07) is 18.5. The Bertz CT molecular complexity index is 943. The van der Waals surface area contributed by atoms with E-state index >= 15 is 0 Å². The van der Waals surface area contributed by atoms with Crippen LogP contribution in [0.1, 0.15) is 36.7 Å². The van der Waals surface area contributed by atoms with Crippen molar-refractivity contribution in [3.8, 4) is 5.69 Å². The van der Waals surface area contributed by atoms with Crippen molar-refractivity contribution in [2.24, 2.45) is 0 Å². The van der Waals surface area contributed by atoms with Gasteiger partial charge in [-0.25, -0.2) is 9.48 Å². The number of hydrogen-bond donors (Lipinski definition) is 0. The maximum Gasteiger partial charge on any atom is 0.338 e. The molecule has 1 heterocycles. The first-order valence-corrected chi connectivity index (χ1v) is 9.46. The summed E-state index contributed by atoms with van der Waals surface area (Å²) >= 11 is 0. The molecule has 3 aromatic rings. The van der Waals surface area contributed by atoms with Crippen LogP contribution < -0.4 is 0 Å². The minimum Gasteiger partial charge on any atom is -0.452 e. The lowest BCUT2D eigenvalue weighted by Gasteiger charge is -2.35. The third kappa shape index (κ3) is 5.31. The van der Waals surface area contributed by atoms with Crippen molar-refractivity contribution in [2.75, 3.05) is 6.61 Å².